The SMILES string of the molecule is O=C(Nc1cc2cn(CC(=O)N3CCOCC3)nc2cc1OCC1CC1)c1cccc(C(F)(F)F)n1. The Balaban J connectivity index is 1.39. The highest BCUT2D eigenvalue weighted by Crippen LogP contribution is 2.34. The summed E-state index contributed by atoms with van der Waals surface area (Å²) >= 11 is 0. The Bertz CT molecular complexity index is 1280. The van der Waals surface area contributed by atoms with Crippen LogP contribution in [-0.4, -0.2) is 64.4 Å². The largest absolute Gasteiger partial charge is 0.491 e. The van der Waals surface area contributed by atoms with E-state index in [0.29, 0.717) is 55.5 Å². The second-order valence-electron chi connectivity index (χ2n) is 8.84. The third kappa shape index (κ3) is 5.59. The van der Waals surface area contributed by atoms with Crippen molar-refractivity contribution in [2.75, 3.05) is 38.2 Å². The number of fused-ring (bicyclic) bond motifs is 1. The number of alkyl halides is 3. The van der Waals surface area contributed by atoms with Crippen molar-refractivity contribution in [2.24, 2.45) is 5.92 Å². The minimum atomic E-state index is -4.67. The lowest BCUT2D eigenvalue weighted by Gasteiger charge is -2.26. The van der Waals surface area contributed by atoms with Crippen LogP contribution in [0.4, 0.5) is 18.9 Å². The van der Waals surface area contributed by atoms with Crippen LogP contribution in [0.2, 0.25) is 0 Å². The quantitative estimate of drug-likeness (QED) is 0.531. The number of aromatic nitrogens is 3. The van der Waals surface area contributed by atoms with Gasteiger partial charge in [-0.15, -0.1) is 0 Å². The monoisotopic (exact) mass is 503 g/mol. The van der Waals surface area contributed by atoms with Gasteiger partial charge in [-0.3, -0.25) is 14.3 Å². The highest BCUT2D eigenvalue weighted by Gasteiger charge is 2.33. The molecule has 2 aliphatic rings. The lowest BCUT2D eigenvalue weighted by Crippen LogP contribution is -2.42. The van der Waals surface area contributed by atoms with Gasteiger partial charge < -0.3 is 19.7 Å². The molecule has 12 heteroatoms. The normalized spacial score (nSPS) is 16.2. The highest BCUT2D eigenvalue weighted by molar-refractivity contribution is 6.05. The Morgan fingerprint density at radius 3 is 2.67 bits per heavy atom. The number of hydrogen-bond acceptors (Lipinski definition) is 6. The van der Waals surface area contributed by atoms with Crippen molar-refractivity contribution < 1.29 is 32.2 Å². The minimum absolute atomic E-state index is 0.0444. The van der Waals surface area contributed by atoms with Gasteiger partial charge in [0.15, 0.2) is 0 Å². The van der Waals surface area contributed by atoms with Gasteiger partial charge in [0.1, 0.15) is 23.7 Å². The van der Waals surface area contributed by atoms with E-state index >= 15 is 0 Å². The molecule has 2 amide bonds. The number of amides is 2. The topological polar surface area (TPSA) is 98.6 Å². The molecule has 1 saturated carbocycles. The maximum Gasteiger partial charge on any atom is 0.433 e. The van der Waals surface area contributed by atoms with Crippen LogP contribution in [-0.2, 0) is 22.3 Å². The average molecular weight is 503 g/mol. The standard InChI is InChI=1S/C24H24F3N5O4/c25-24(26,27)21-3-1-2-17(28-21)23(34)29-19-10-16-12-32(13-22(33)31-6-8-35-9-7-31)30-18(16)11-20(19)36-14-15-4-5-15/h1-3,10-12,15H,4-9,13-14H2,(H,29,34). The number of halogens is 3. The Morgan fingerprint density at radius 2 is 1.94 bits per heavy atom. The molecular weight excluding hydrogens is 479 g/mol. The van der Waals surface area contributed by atoms with Gasteiger partial charge in [0.2, 0.25) is 5.91 Å². The molecule has 36 heavy (non-hydrogen) atoms. The summed E-state index contributed by atoms with van der Waals surface area (Å²) in [7, 11) is 0. The van der Waals surface area contributed by atoms with Gasteiger partial charge in [-0.1, -0.05) is 6.07 Å². The molecule has 1 saturated heterocycles. The number of rotatable bonds is 7. The summed E-state index contributed by atoms with van der Waals surface area (Å²) in [5, 5.41) is 7.73. The Kier molecular flexibility index (Phi) is 6.52. The van der Waals surface area contributed by atoms with Gasteiger partial charge in [-0.05, 0) is 37.0 Å². The zero-order valence-corrected chi connectivity index (χ0v) is 19.3. The van der Waals surface area contributed by atoms with Crippen molar-refractivity contribution >= 4 is 28.4 Å². The maximum atomic E-state index is 13.0. The molecule has 2 fully saturated rings. The average Bonchev–Trinajstić information content (AvgIpc) is 3.61. The number of anilines is 1. The fourth-order valence-electron chi connectivity index (χ4n) is 3.85. The van der Waals surface area contributed by atoms with Gasteiger partial charge in [0.05, 0.1) is 31.0 Å². The zero-order valence-electron chi connectivity index (χ0n) is 19.3. The first-order chi connectivity index (χ1) is 17.3. The van der Waals surface area contributed by atoms with Crippen LogP contribution in [0.5, 0.6) is 5.75 Å². The predicted molar refractivity (Wildman–Crippen MR) is 123 cm³/mol. The van der Waals surface area contributed by atoms with Crippen LogP contribution in [0, 0.1) is 5.92 Å². The summed E-state index contributed by atoms with van der Waals surface area (Å²) in [4.78, 5) is 30.6. The van der Waals surface area contributed by atoms with Crippen LogP contribution >= 0.6 is 0 Å². The van der Waals surface area contributed by atoms with Crippen LogP contribution in [0.25, 0.3) is 10.9 Å². The van der Waals surface area contributed by atoms with E-state index < -0.39 is 17.8 Å². The number of carbonyl (C=O) groups excluding carboxylic acids is 2. The van der Waals surface area contributed by atoms with Crippen molar-refractivity contribution in [2.45, 2.75) is 25.6 Å². The Hall–Kier alpha value is -3.67. The number of ether oxygens (including phenoxy) is 2. The summed E-state index contributed by atoms with van der Waals surface area (Å²) in [5.74, 6) is -0.107. The van der Waals surface area contributed by atoms with Crippen LogP contribution in [0.3, 0.4) is 0 Å². The highest BCUT2D eigenvalue weighted by atomic mass is 19.4. The van der Waals surface area contributed by atoms with Gasteiger partial charge in [-0.25, -0.2) is 4.98 Å². The van der Waals surface area contributed by atoms with Crippen molar-refractivity contribution in [1.82, 2.24) is 19.7 Å². The molecule has 0 spiro atoms. The molecule has 1 aromatic carbocycles. The Morgan fingerprint density at radius 1 is 1.17 bits per heavy atom. The molecule has 0 bridgehead atoms. The van der Waals surface area contributed by atoms with E-state index in [2.05, 4.69) is 15.4 Å². The van der Waals surface area contributed by atoms with E-state index in [1.165, 1.54) is 10.7 Å². The van der Waals surface area contributed by atoms with E-state index in [1.807, 2.05) is 0 Å². The number of nitrogens with zero attached hydrogens (tertiary/aromatic N) is 4. The van der Waals surface area contributed by atoms with Crippen molar-refractivity contribution in [3.8, 4) is 5.75 Å². The van der Waals surface area contributed by atoms with Gasteiger partial charge in [-0.2, -0.15) is 18.3 Å². The molecule has 190 valence electrons. The van der Waals surface area contributed by atoms with Gasteiger partial charge in [0.25, 0.3) is 5.91 Å². The molecule has 0 radical (unpaired) electrons. The molecular formula is C24H24F3N5O4. The van der Waals surface area contributed by atoms with Crippen molar-refractivity contribution in [3.05, 3.63) is 47.9 Å². The summed E-state index contributed by atoms with van der Waals surface area (Å²) in [6.07, 6.45) is -0.885. The molecule has 1 aliphatic heterocycles. The summed E-state index contributed by atoms with van der Waals surface area (Å²) < 4.78 is 51.8. The molecule has 5 rings (SSSR count). The van der Waals surface area contributed by atoms with Crippen LogP contribution in [0.15, 0.2) is 36.5 Å². The van der Waals surface area contributed by atoms with Gasteiger partial charge in [0, 0.05) is 30.7 Å². The predicted octanol–water partition coefficient (Wildman–Crippen LogP) is 3.35. The third-order valence-electron chi connectivity index (χ3n) is 6.01. The lowest BCUT2D eigenvalue weighted by molar-refractivity contribution is -0.141. The van der Waals surface area contributed by atoms with E-state index in [-0.39, 0.29) is 23.8 Å². The fraction of sp³-hybridized carbons (Fsp3) is 0.417. The van der Waals surface area contributed by atoms with Crippen LogP contribution in [0.1, 0.15) is 29.0 Å². The van der Waals surface area contributed by atoms with Crippen molar-refractivity contribution in [3.63, 3.8) is 0 Å². The van der Waals surface area contributed by atoms with E-state index in [9.17, 15) is 22.8 Å². The molecule has 2 aromatic heterocycles. The number of pyridine rings is 1. The number of benzene rings is 1. The van der Waals surface area contributed by atoms with Crippen molar-refractivity contribution in [1.29, 1.82) is 0 Å². The second kappa shape index (κ2) is 9.76. The molecule has 3 heterocycles. The molecule has 0 atom stereocenters. The number of hydrogen-bond donors (Lipinski definition) is 1. The van der Waals surface area contributed by atoms with E-state index in [0.717, 1.165) is 25.0 Å². The third-order valence-corrected chi connectivity index (χ3v) is 6.01. The smallest absolute Gasteiger partial charge is 0.433 e. The Labute approximate surface area is 204 Å². The summed E-state index contributed by atoms with van der Waals surface area (Å²) in [6, 6.07) is 6.44. The maximum absolute atomic E-state index is 13.0. The fourth-order valence-corrected chi connectivity index (χ4v) is 3.85. The molecule has 0 unspecified atom stereocenters. The first-order valence-corrected chi connectivity index (χ1v) is 11.6. The minimum Gasteiger partial charge on any atom is -0.491 e. The lowest BCUT2D eigenvalue weighted by atomic mass is 10.2. The van der Waals surface area contributed by atoms with Crippen LogP contribution < -0.4 is 10.1 Å². The van der Waals surface area contributed by atoms with Gasteiger partial charge >= 0.3 is 6.18 Å². The molecule has 1 aliphatic carbocycles. The first kappa shape index (κ1) is 24.0. The molecule has 3 aromatic rings. The summed E-state index contributed by atoms with van der Waals surface area (Å²) in [5.41, 5.74) is -0.677. The van der Waals surface area contributed by atoms with E-state index in [4.69, 9.17) is 9.47 Å². The second-order valence-corrected chi connectivity index (χ2v) is 8.84. The molecule has 1 N–H and O–H groups in total. The summed E-state index contributed by atoms with van der Waals surface area (Å²) in [6.45, 7) is 2.54. The molecule has 9 nitrogen and oxygen atoms in total. The number of carbonyl (C=O) groups is 2. The zero-order chi connectivity index (χ0) is 25.3. The number of nitrogens with one attached hydrogen (secondary N) is 1. The number of morpholine rings is 1. The van der Waals surface area contributed by atoms with E-state index in [1.54, 1.807) is 23.2 Å². The first-order valence-electron chi connectivity index (χ1n) is 11.6.